The van der Waals surface area contributed by atoms with Gasteiger partial charge in [0.15, 0.2) is 5.13 Å². The first-order valence-electron chi connectivity index (χ1n) is 5.59. The summed E-state index contributed by atoms with van der Waals surface area (Å²) in [4.78, 5) is 18.4. The number of aromatic nitrogens is 1. The van der Waals surface area contributed by atoms with Crippen molar-refractivity contribution in [2.75, 3.05) is 18.0 Å². The van der Waals surface area contributed by atoms with Crippen LogP contribution in [0.15, 0.2) is 6.20 Å². The van der Waals surface area contributed by atoms with Gasteiger partial charge >= 0.3 is 5.97 Å². The van der Waals surface area contributed by atoms with Gasteiger partial charge in [0.1, 0.15) is 0 Å². The molecule has 0 amide bonds. The Morgan fingerprint density at radius 2 is 2.31 bits per heavy atom. The number of nitrogens with zero attached hydrogens (tertiary/aromatic N) is 2. The summed E-state index contributed by atoms with van der Waals surface area (Å²) in [5, 5.41) is 9.78. The highest BCUT2D eigenvalue weighted by atomic mass is 32.1. The summed E-state index contributed by atoms with van der Waals surface area (Å²) < 4.78 is 0. The average molecular weight is 240 g/mol. The smallest absolute Gasteiger partial charge is 0.303 e. The Bertz CT molecular complexity index is 372. The van der Waals surface area contributed by atoms with Crippen molar-refractivity contribution in [3.05, 3.63) is 11.1 Å². The van der Waals surface area contributed by atoms with Gasteiger partial charge in [-0.25, -0.2) is 4.98 Å². The van der Waals surface area contributed by atoms with Gasteiger partial charge in [-0.15, -0.1) is 11.3 Å². The van der Waals surface area contributed by atoms with Gasteiger partial charge in [-0.3, -0.25) is 4.79 Å². The molecule has 5 heteroatoms. The maximum Gasteiger partial charge on any atom is 0.303 e. The van der Waals surface area contributed by atoms with Crippen LogP contribution in [0.2, 0.25) is 0 Å². The lowest BCUT2D eigenvalue weighted by atomic mass is 10.1. The van der Waals surface area contributed by atoms with Crippen molar-refractivity contribution in [2.45, 2.75) is 32.1 Å². The minimum atomic E-state index is -0.747. The standard InChI is InChI=1S/C11H16N2O2S/c1-8(6-10(14)15)9-7-12-11(16-9)13-4-2-3-5-13/h7-8H,2-6H2,1H3,(H,14,15). The minimum Gasteiger partial charge on any atom is -0.481 e. The van der Waals surface area contributed by atoms with Crippen LogP contribution in [0.3, 0.4) is 0 Å². The molecule has 4 nitrogen and oxygen atoms in total. The molecule has 1 unspecified atom stereocenters. The zero-order valence-electron chi connectivity index (χ0n) is 9.35. The second-order valence-electron chi connectivity index (χ2n) is 4.24. The van der Waals surface area contributed by atoms with Crippen LogP contribution in [0.4, 0.5) is 5.13 Å². The molecule has 0 bridgehead atoms. The van der Waals surface area contributed by atoms with E-state index in [2.05, 4.69) is 9.88 Å². The first-order chi connectivity index (χ1) is 7.66. The summed E-state index contributed by atoms with van der Waals surface area (Å²) in [5.41, 5.74) is 0. The molecule has 1 aromatic rings. The summed E-state index contributed by atoms with van der Waals surface area (Å²) in [7, 11) is 0. The molecule has 1 aliphatic rings. The van der Waals surface area contributed by atoms with Gasteiger partial charge < -0.3 is 10.0 Å². The molecule has 0 spiro atoms. The second-order valence-corrected chi connectivity index (χ2v) is 5.28. The van der Waals surface area contributed by atoms with Gasteiger partial charge in [-0.05, 0) is 12.8 Å². The van der Waals surface area contributed by atoms with E-state index < -0.39 is 5.97 Å². The van der Waals surface area contributed by atoms with E-state index in [1.54, 1.807) is 11.3 Å². The number of anilines is 1. The van der Waals surface area contributed by atoms with Crippen molar-refractivity contribution in [3.63, 3.8) is 0 Å². The van der Waals surface area contributed by atoms with Crippen LogP contribution in [-0.4, -0.2) is 29.1 Å². The van der Waals surface area contributed by atoms with Gasteiger partial charge in [0, 0.05) is 30.1 Å². The maximum atomic E-state index is 10.6. The molecule has 0 aliphatic carbocycles. The Labute approximate surface area is 98.9 Å². The number of carboxylic acid groups (broad SMARTS) is 1. The number of thiazole rings is 1. The van der Waals surface area contributed by atoms with Crippen molar-refractivity contribution in [2.24, 2.45) is 0 Å². The zero-order chi connectivity index (χ0) is 11.5. The molecule has 2 rings (SSSR count). The lowest BCUT2D eigenvalue weighted by Gasteiger charge is -2.12. The number of carbonyl (C=O) groups is 1. The van der Waals surface area contributed by atoms with Crippen LogP contribution in [0, 0.1) is 0 Å². The number of rotatable bonds is 4. The molecule has 1 saturated heterocycles. The van der Waals surface area contributed by atoms with Crippen LogP contribution < -0.4 is 4.90 Å². The molecule has 1 atom stereocenters. The molecule has 1 fully saturated rings. The number of hydrogen-bond acceptors (Lipinski definition) is 4. The third kappa shape index (κ3) is 2.52. The van der Waals surface area contributed by atoms with E-state index in [9.17, 15) is 4.79 Å². The molecular weight excluding hydrogens is 224 g/mol. The Kier molecular flexibility index (Phi) is 3.43. The monoisotopic (exact) mass is 240 g/mol. The largest absolute Gasteiger partial charge is 0.481 e. The van der Waals surface area contributed by atoms with Crippen LogP contribution in [-0.2, 0) is 4.79 Å². The van der Waals surface area contributed by atoms with Gasteiger partial charge in [0.25, 0.3) is 0 Å². The van der Waals surface area contributed by atoms with Crippen molar-refractivity contribution in [3.8, 4) is 0 Å². The normalized spacial score (nSPS) is 17.7. The first kappa shape index (κ1) is 11.4. The molecule has 16 heavy (non-hydrogen) atoms. The predicted molar refractivity (Wildman–Crippen MR) is 64.2 cm³/mol. The van der Waals surface area contributed by atoms with E-state index in [0.717, 1.165) is 23.1 Å². The van der Waals surface area contributed by atoms with Crippen LogP contribution in [0.25, 0.3) is 0 Å². The van der Waals surface area contributed by atoms with Crippen molar-refractivity contribution in [1.82, 2.24) is 4.98 Å². The van der Waals surface area contributed by atoms with E-state index in [4.69, 9.17) is 5.11 Å². The van der Waals surface area contributed by atoms with Crippen molar-refractivity contribution < 1.29 is 9.90 Å². The fourth-order valence-corrected chi connectivity index (χ4v) is 2.94. The van der Waals surface area contributed by atoms with E-state index in [0.29, 0.717) is 0 Å². The maximum absolute atomic E-state index is 10.6. The Morgan fingerprint density at radius 1 is 1.62 bits per heavy atom. The van der Waals surface area contributed by atoms with Crippen molar-refractivity contribution in [1.29, 1.82) is 0 Å². The summed E-state index contributed by atoms with van der Waals surface area (Å²) in [6, 6.07) is 0. The SMILES string of the molecule is CC(CC(=O)O)c1cnc(N2CCCC2)s1. The minimum absolute atomic E-state index is 0.0614. The molecule has 0 radical (unpaired) electrons. The van der Waals surface area contributed by atoms with Gasteiger partial charge in [0.05, 0.1) is 6.42 Å². The molecule has 1 N–H and O–H groups in total. The summed E-state index contributed by atoms with van der Waals surface area (Å²) in [5.74, 6) is -0.685. The second kappa shape index (κ2) is 4.82. The fourth-order valence-electron chi connectivity index (χ4n) is 1.92. The number of hydrogen-bond donors (Lipinski definition) is 1. The molecule has 0 aromatic carbocycles. The first-order valence-corrected chi connectivity index (χ1v) is 6.41. The third-order valence-electron chi connectivity index (χ3n) is 2.85. The average Bonchev–Trinajstić information content (AvgIpc) is 2.87. The topological polar surface area (TPSA) is 53.4 Å². The molecule has 88 valence electrons. The third-order valence-corrected chi connectivity index (χ3v) is 4.14. The Balaban J connectivity index is 2.03. The molecule has 0 saturated carbocycles. The Hall–Kier alpha value is -1.10. The van der Waals surface area contributed by atoms with Crippen LogP contribution in [0.1, 0.15) is 37.0 Å². The molecule has 1 aromatic heterocycles. The Morgan fingerprint density at radius 3 is 2.94 bits per heavy atom. The fraction of sp³-hybridized carbons (Fsp3) is 0.636. The van der Waals surface area contributed by atoms with E-state index in [-0.39, 0.29) is 12.3 Å². The lowest BCUT2D eigenvalue weighted by molar-refractivity contribution is -0.137. The lowest BCUT2D eigenvalue weighted by Crippen LogP contribution is -2.16. The molecule has 1 aliphatic heterocycles. The zero-order valence-corrected chi connectivity index (χ0v) is 10.2. The van der Waals surface area contributed by atoms with Gasteiger partial charge in [-0.2, -0.15) is 0 Å². The highest BCUT2D eigenvalue weighted by molar-refractivity contribution is 7.15. The van der Waals surface area contributed by atoms with Crippen LogP contribution >= 0.6 is 11.3 Å². The molecule has 2 heterocycles. The number of carboxylic acids is 1. The summed E-state index contributed by atoms with van der Waals surface area (Å²) in [6.07, 6.45) is 4.48. The molecular formula is C11H16N2O2S. The van der Waals surface area contributed by atoms with Crippen LogP contribution in [0.5, 0.6) is 0 Å². The predicted octanol–water partition coefficient (Wildman–Crippen LogP) is 2.32. The quantitative estimate of drug-likeness (QED) is 0.877. The van der Waals surface area contributed by atoms with E-state index >= 15 is 0 Å². The number of aliphatic carboxylic acids is 1. The van der Waals surface area contributed by atoms with Gasteiger partial charge in [-0.1, -0.05) is 6.92 Å². The van der Waals surface area contributed by atoms with Crippen molar-refractivity contribution >= 4 is 22.4 Å². The van der Waals surface area contributed by atoms with E-state index in [1.165, 1.54) is 12.8 Å². The van der Waals surface area contributed by atoms with Gasteiger partial charge in [0.2, 0.25) is 0 Å². The van der Waals surface area contributed by atoms with E-state index in [1.807, 2.05) is 13.1 Å². The summed E-state index contributed by atoms with van der Waals surface area (Å²) >= 11 is 1.63. The highest BCUT2D eigenvalue weighted by Gasteiger charge is 2.18. The highest BCUT2D eigenvalue weighted by Crippen LogP contribution is 2.31. The summed E-state index contributed by atoms with van der Waals surface area (Å²) in [6.45, 7) is 4.11.